The molecule has 0 radical (unpaired) electrons. The fourth-order valence-electron chi connectivity index (χ4n) is 3.96. The number of nitrogens with one attached hydrogen (secondary N) is 4. The second kappa shape index (κ2) is 12.0. The van der Waals surface area contributed by atoms with Crippen LogP contribution in [0.25, 0.3) is 0 Å². The van der Waals surface area contributed by atoms with Crippen molar-refractivity contribution >= 4 is 39.2 Å². The van der Waals surface area contributed by atoms with Crippen LogP contribution in [0.3, 0.4) is 0 Å². The number of anilines is 4. The lowest BCUT2D eigenvalue weighted by Crippen LogP contribution is -2.42. The Morgan fingerprint density at radius 3 is 2.58 bits per heavy atom. The molecule has 4 N–H and O–H groups in total. The van der Waals surface area contributed by atoms with Crippen molar-refractivity contribution in [1.29, 1.82) is 0 Å². The average molecular weight is 580 g/mol. The van der Waals surface area contributed by atoms with Crippen molar-refractivity contribution in [2.45, 2.75) is 31.6 Å². The summed E-state index contributed by atoms with van der Waals surface area (Å²) in [7, 11) is -2.43. The number of benzene rings is 1. The van der Waals surface area contributed by atoms with Crippen LogP contribution in [0.1, 0.15) is 34.5 Å². The Morgan fingerprint density at radius 2 is 1.88 bits per heavy atom. The van der Waals surface area contributed by atoms with Gasteiger partial charge in [-0.3, -0.25) is 14.1 Å². The van der Waals surface area contributed by atoms with Gasteiger partial charge in [0.1, 0.15) is 17.1 Å². The molecule has 3 aromatic rings. The van der Waals surface area contributed by atoms with Gasteiger partial charge in [-0.2, -0.15) is 18.2 Å². The molecule has 0 spiro atoms. The van der Waals surface area contributed by atoms with E-state index in [1.54, 1.807) is 24.3 Å². The predicted octanol–water partition coefficient (Wildman–Crippen LogP) is 2.52. The van der Waals surface area contributed by atoms with Gasteiger partial charge in [-0.1, -0.05) is 6.07 Å². The smallest absolute Gasteiger partial charge is 0.364 e. The van der Waals surface area contributed by atoms with Crippen molar-refractivity contribution < 1.29 is 26.4 Å². The number of sulfonamides is 1. The van der Waals surface area contributed by atoms with E-state index in [-0.39, 0.29) is 36.0 Å². The molecule has 0 unspecified atom stereocenters. The van der Waals surface area contributed by atoms with Gasteiger partial charge in [-0.15, -0.1) is 0 Å². The molecule has 0 aliphatic carbocycles. The van der Waals surface area contributed by atoms with Crippen LogP contribution in [0.2, 0.25) is 0 Å². The van der Waals surface area contributed by atoms with E-state index < -0.39 is 27.6 Å². The van der Waals surface area contributed by atoms with Crippen LogP contribution in [0, 0.1) is 0 Å². The molecule has 40 heavy (non-hydrogen) atoms. The summed E-state index contributed by atoms with van der Waals surface area (Å²) in [6, 6.07) is 6.51. The first-order valence-corrected chi connectivity index (χ1v) is 14.1. The van der Waals surface area contributed by atoms with Gasteiger partial charge in [0.2, 0.25) is 16.0 Å². The van der Waals surface area contributed by atoms with Crippen LogP contribution < -0.4 is 25.6 Å². The van der Waals surface area contributed by atoms with Crippen LogP contribution in [-0.2, 0) is 22.7 Å². The molecule has 4 rings (SSSR count). The Bertz CT molecular complexity index is 1470. The Kier molecular flexibility index (Phi) is 8.68. The number of aromatic nitrogens is 4. The molecule has 0 saturated carbocycles. The minimum absolute atomic E-state index is 0.0435. The highest BCUT2D eigenvalue weighted by Crippen LogP contribution is 2.34. The molecule has 214 valence electrons. The van der Waals surface area contributed by atoms with Crippen molar-refractivity contribution in [3.8, 4) is 0 Å². The number of halogens is 3. The molecule has 1 amide bonds. The van der Waals surface area contributed by atoms with Gasteiger partial charge in [0.15, 0.2) is 5.82 Å². The largest absolute Gasteiger partial charge is 0.421 e. The van der Waals surface area contributed by atoms with Crippen molar-refractivity contribution in [2.75, 3.05) is 41.3 Å². The van der Waals surface area contributed by atoms with Gasteiger partial charge >= 0.3 is 6.18 Å². The lowest BCUT2D eigenvalue weighted by molar-refractivity contribution is -0.137. The predicted molar refractivity (Wildman–Crippen MR) is 143 cm³/mol. The Hall–Kier alpha value is -4.05. The van der Waals surface area contributed by atoms with Crippen molar-refractivity contribution in [3.05, 3.63) is 59.7 Å². The summed E-state index contributed by atoms with van der Waals surface area (Å²) in [5, 5.41) is 11.6. The number of piperidine rings is 1. The number of carbonyl (C=O) groups is 1. The molecular weight excluding hydrogens is 551 g/mol. The van der Waals surface area contributed by atoms with Gasteiger partial charge in [-0.25, -0.2) is 18.4 Å². The van der Waals surface area contributed by atoms with Crippen LogP contribution >= 0.6 is 0 Å². The molecule has 1 saturated heterocycles. The zero-order valence-electron chi connectivity index (χ0n) is 21.7. The third-order valence-corrected chi connectivity index (χ3v) is 7.29. The standard InChI is InChI=1S/C24H28F3N9O3S/c1-36(40(2,38)39)21-19(29-10-11-30-21)14-31-20-18(24(25,26)27)13-32-23(35-20)34-17-5-3-4-15(12-17)22(37)33-16-6-8-28-9-7-16/h3-5,10-13,16,28H,6-9,14H2,1-2H3,(H,33,37)(H2,31,32,34,35). The van der Waals surface area contributed by atoms with E-state index in [1.807, 2.05) is 0 Å². The lowest BCUT2D eigenvalue weighted by Gasteiger charge is -2.23. The Labute approximate surface area is 228 Å². The molecule has 12 nitrogen and oxygen atoms in total. The highest BCUT2D eigenvalue weighted by atomic mass is 32.2. The summed E-state index contributed by atoms with van der Waals surface area (Å²) in [4.78, 5) is 28.6. The highest BCUT2D eigenvalue weighted by molar-refractivity contribution is 7.92. The summed E-state index contributed by atoms with van der Waals surface area (Å²) < 4.78 is 66.0. The third-order valence-electron chi connectivity index (χ3n) is 6.12. The van der Waals surface area contributed by atoms with E-state index in [9.17, 15) is 26.4 Å². The number of hydrogen-bond donors (Lipinski definition) is 4. The minimum atomic E-state index is -4.78. The molecule has 0 atom stereocenters. The highest BCUT2D eigenvalue weighted by Gasteiger charge is 2.35. The van der Waals surface area contributed by atoms with Gasteiger partial charge in [0.25, 0.3) is 5.91 Å². The molecule has 2 aromatic heterocycles. The Morgan fingerprint density at radius 1 is 1.15 bits per heavy atom. The summed E-state index contributed by atoms with van der Waals surface area (Å²) in [6.45, 7) is 1.33. The zero-order chi connectivity index (χ0) is 28.9. The van der Waals surface area contributed by atoms with Crippen molar-refractivity contribution in [1.82, 2.24) is 30.6 Å². The first-order valence-electron chi connectivity index (χ1n) is 12.2. The molecule has 3 heterocycles. The molecule has 16 heteroatoms. The normalized spacial score (nSPS) is 14.4. The maximum Gasteiger partial charge on any atom is 0.421 e. The van der Waals surface area contributed by atoms with Gasteiger partial charge in [-0.05, 0) is 44.1 Å². The van der Waals surface area contributed by atoms with Crippen molar-refractivity contribution in [3.63, 3.8) is 0 Å². The maximum absolute atomic E-state index is 13.7. The molecular formula is C24H28F3N9O3S. The number of nitrogens with zero attached hydrogens (tertiary/aromatic N) is 5. The van der Waals surface area contributed by atoms with Crippen molar-refractivity contribution in [2.24, 2.45) is 0 Å². The van der Waals surface area contributed by atoms with Crippen LogP contribution in [0.5, 0.6) is 0 Å². The third kappa shape index (κ3) is 7.32. The zero-order valence-corrected chi connectivity index (χ0v) is 22.5. The van der Waals surface area contributed by atoms with Crippen LogP contribution in [-0.4, -0.2) is 66.7 Å². The SMILES string of the molecule is CN(c1nccnc1CNc1nc(Nc2cccc(C(=O)NC3CCNCC3)c2)ncc1C(F)(F)F)S(C)(=O)=O. The van der Waals surface area contributed by atoms with E-state index in [2.05, 4.69) is 41.2 Å². The Balaban J connectivity index is 1.54. The van der Waals surface area contributed by atoms with E-state index in [4.69, 9.17) is 0 Å². The van der Waals surface area contributed by atoms with Crippen LogP contribution in [0.15, 0.2) is 42.9 Å². The topological polar surface area (TPSA) is 154 Å². The molecule has 0 bridgehead atoms. The monoisotopic (exact) mass is 579 g/mol. The molecule has 1 aliphatic heterocycles. The fraction of sp³-hybridized carbons (Fsp3) is 0.375. The maximum atomic E-state index is 13.7. The quantitative estimate of drug-likeness (QED) is 0.297. The van der Waals surface area contributed by atoms with Gasteiger partial charge in [0, 0.05) is 42.9 Å². The summed E-state index contributed by atoms with van der Waals surface area (Å²) in [5.41, 5.74) is -0.271. The number of rotatable bonds is 9. The van der Waals surface area contributed by atoms with Gasteiger partial charge in [0.05, 0.1) is 12.8 Å². The van der Waals surface area contributed by atoms with E-state index in [1.165, 1.54) is 19.4 Å². The summed E-state index contributed by atoms with van der Waals surface area (Å²) in [5.74, 6) is -1.01. The number of amides is 1. The molecule has 1 aliphatic rings. The summed E-state index contributed by atoms with van der Waals surface area (Å²) >= 11 is 0. The number of carbonyl (C=O) groups excluding carboxylic acids is 1. The molecule has 1 fully saturated rings. The second-order valence-electron chi connectivity index (χ2n) is 9.07. The molecule has 1 aromatic carbocycles. The first-order chi connectivity index (χ1) is 18.9. The van der Waals surface area contributed by atoms with E-state index in [0.29, 0.717) is 17.4 Å². The van der Waals surface area contributed by atoms with E-state index >= 15 is 0 Å². The average Bonchev–Trinajstić information content (AvgIpc) is 2.91. The lowest BCUT2D eigenvalue weighted by atomic mass is 10.1. The van der Waals surface area contributed by atoms with E-state index in [0.717, 1.165) is 36.5 Å². The minimum Gasteiger partial charge on any atom is -0.364 e. The number of hydrogen-bond acceptors (Lipinski definition) is 10. The number of alkyl halides is 3. The van der Waals surface area contributed by atoms with Gasteiger partial charge < -0.3 is 21.3 Å². The second-order valence-corrected chi connectivity index (χ2v) is 11.1. The fourth-order valence-corrected chi connectivity index (χ4v) is 4.42. The summed E-state index contributed by atoms with van der Waals surface area (Å²) in [6.07, 6.45) is 1.03. The first kappa shape index (κ1) is 28.9. The van der Waals surface area contributed by atoms with Crippen LogP contribution in [0.4, 0.5) is 36.4 Å².